The highest BCUT2D eigenvalue weighted by Gasteiger charge is 2.35. The highest BCUT2D eigenvalue weighted by molar-refractivity contribution is 5.80. The van der Waals surface area contributed by atoms with Gasteiger partial charge in [-0.25, -0.2) is 4.79 Å². The van der Waals surface area contributed by atoms with Gasteiger partial charge in [-0.3, -0.25) is 9.69 Å². The predicted molar refractivity (Wildman–Crippen MR) is 187 cm³/mol. The van der Waals surface area contributed by atoms with Gasteiger partial charge in [-0.15, -0.1) is 0 Å². The Morgan fingerprint density at radius 2 is 1.61 bits per heavy atom. The third kappa shape index (κ3) is 11.0. The molecule has 1 saturated heterocycles. The molecule has 4 N–H and O–H groups in total. The highest BCUT2D eigenvalue weighted by Crippen LogP contribution is 2.32. The van der Waals surface area contributed by atoms with Crippen LogP contribution in [0.25, 0.3) is 0 Å². The number of ether oxygens (including phenoxy) is 3. The number of benzene rings is 3. The standard InChI is InChI=1S/C39H51N3O7/c1-39(2,3)49-38(46)40-33(24-28-13-15-31(16-14-28)48-22-19-42-17-20-47-21-18-42)34(43)26-30(23-27-9-5-4-6-10-27)37(45)41-36-32-12-8-7-11-29(32)25-35(36)44/h4-16,30,33-36,43-44H,17-26H2,1-3H3,(H,40,46)(H,41,45)/t30?,33?,34?,35-,36-/m0/s1. The Morgan fingerprint density at radius 3 is 2.33 bits per heavy atom. The van der Waals surface area contributed by atoms with Gasteiger partial charge in [0.25, 0.3) is 0 Å². The van der Waals surface area contributed by atoms with E-state index < -0.39 is 41.9 Å². The van der Waals surface area contributed by atoms with Crippen molar-refractivity contribution < 1.29 is 34.0 Å². The Labute approximate surface area is 289 Å². The van der Waals surface area contributed by atoms with E-state index in [2.05, 4.69) is 15.5 Å². The molecule has 49 heavy (non-hydrogen) atoms. The Morgan fingerprint density at radius 1 is 0.939 bits per heavy atom. The maximum absolute atomic E-state index is 13.9. The van der Waals surface area contributed by atoms with Crippen LogP contribution < -0.4 is 15.4 Å². The van der Waals surface area contributed by atoms with Gasteiger partial charge in [0.2, 0.25) is 5.91 Å². The van der Waals surface area contributed by atoms with Crippen molar-refractivity contribution in [2.24, 2.45) is 5.92 Å². The van der Waals surface area contributed by atoms with Gasteiger partial charge in [-0.2, -0.15) is 0 Å². The summed E-state index contributed by atoms with van der Waals surface area (Å²) in [5.74, 6) is -0.162. The van der Waals surface area contributed by atoms with Crippen molar-refractivity contribution in [2.45, 2.75) is 76.3 Å². The lowest BCUT2D eigenvalue weighted by Gasteiger charge is -2.30. The van der Waals surface area contributed by atoms with Gasteiger partial charge in [0, 0.05) is 32.0 Å². The zero-order valence-corrected chi connectivity index (χ0v) is 28.8. The van der Waals surface area contributed by atoms with Gasteiger partial charge in [0.15, 0.2) is 0 Å². The first-order valence-corrected chi connectivity index (χ1v) is 17.3. The van der Waals surface area contributed by atoms with E-state index in [0.29, 0.717) is 25.9 Å². The monoisotopic (exact) mass is 673 g/mol. The molecule has 0 saturated carbocycles. The quantitative estimate of drug-likeness (QED) is 0.200. The number of nitrogens with one attached hydrogen (secondary N) is 2. The topological polar surface area (TPSA) is 130 Å². The molecule has 3 unspecified atom stereocenters. The van der Waals surface area contributed by atoms with Crippen LogP contribution in [0.5, 0.6) is 5.75 Å². The van der Waals surface area contributed by atoms with Crippen molar-refractivity contribution in [3.63, 3.8) is 0 Å². The summed E-state index contributed by atoms with van der Waals surface area (Å²) in [6, 6.07) is 23.7. The average Bonchev–Trinajstić information content (AvgIpc) is 3.39. The van der Waals surface area contributed by atoms with E-state index in [1.54, 1.807) is 20.8 Å². The van der Waals surface area contributed by atoms with Gasteiger partial charge < -0.3 is 35.1 Å². The molecule has 0 bridgehead atoms. The lowest BCUT2D eigenvalue weighted by atomic mass is 9.88. The fourth-order valence-corrected chi connectivity index (χ4v) is 6.49. The molecular formula is C39H51N3O7. The van der Waals surface area contributed by atoms with E-state index in [4.69, 9.17) is 14.2 Å². The van der Waals surface area contributed by atoms with E-state index in [1.165, 1.54) is 0 Å². The molecule has 3 aromatic rings. The maximum atomic E-state index is 13.9. The minimum absolute atomic E-state index is 0.0778. The number of nitrogens with zero attached hydrogens (tertiary/aromatic N) is 1. The number of rotatable bonds is 14. The SMILES string of the molecule is CC(C)(C)OC(=O)NC(Cc1ccc(OCCN2CCOCC2)cc1)C(O)CC(Cc1ccccc1)C(=O)N[C@H]1c2ccccc2C[C@@H]1O. The van der Waals surface area contributed by atoms with Gasteiger partial charge >= 0.3 is 6.09 Å². The summed E-state index contributed by atoms with van der Waals surface area (Å²) in [6.07, 6.45) is -1.24. The molecule has 264 valence electrons. The average molecular weight is 674 g/mol. The predicted octanol–water partition coefficient (Wildman–Crippen LogP) is 4.22. The molecule has 3 aromatic carbocycles. The number of aliphatic hydroxyl groups excluding tert-OH is 2. The van der Waals surface area contributed by atoms with Crippen LogP contribution in [-0.2, 0) is 33.5 Å². The summed E-state index contributed by atoms with van der Waals surface area (Å²) >= 11 is 0. The molecule has 1 aliphatic carbocycles. The van der Waals surface area contributed by atoms with Crippen LogP contribution in [0.3, 0.4) is 0 Å². The van der Waals surface area contributed by atoms with Crippen molar-refractivity contribution in [3.8, 4) is 5.75 Å². The second kappa shape index (κ2) is 17.1. The molecule has 5 rings (SSSR count). The number of alkyl carbamates (subject to hydrolysis) is 1. The lowest BCUT2D eigenvalue weighted by Crippen LogP contribution is -2.48. The summed E-state index contributed by atoms with van der Waals surface area (Å²) < 4.78 is 16.9. The third-order valence-corrected chi connectivity index (χ3v) is 9.05. The van der Waals surface area contributed by atoms with Crippen LogP contribution in [0.4, 0.5) is 4.79 Å². The van der Waals surface area contributed by atoms with Crippen molar-refractivity contribution >= 4 is 12.0 Å². The smallest absolute Gasteiger partial charge is 0.407 e. The summed E-state index contributed by atoms with van der Waals surface area (Å²) in [7, 11) is 0. The molecule has 0 radical (unpaired) electrons. The Hall–Kier alpha value is -3.96. The molecule has 2 amide bonds. The van der Waals surface area contributed by atoms with Crippen molar-refractivity contribution in [2.75, 3.05) is 39.5 Å². The van der Waals surface area contributed by atoms with E-state index >= 15 is 0 Å². The van der Waals surface area contributed by atoms with Crippen molar-refractivity contribution in [3.05, 3.63) is 101 Å². The molecule has 0 spiro atoms. The largest absolute Gasteiger partial charge is 0.492 e. The summed E-state index contributed by atoms with van der Waals surface area (Å²) in [4.78, 5) is 29.2. The minimum atomic E-state index is -1.09. The van der Waals surface area contributed by atoms with Gasteiger partial charge in [0.05, 0.1) is 37.5 Å². The van der Waals surface area contributed by atoms with E-state index in [1.807, 2.05) is 78.9 Å². The fraction of sp³-hybridized carbons (Fsp3) is 0.487. The number of amides is 2. The number of carbonyl (C=O) groups is 2. The molecule has 10 heteroatoms. The number of aliphatic hydroxyl groups is 2. The van der Waals surface area contributed by atoms with Crippen molar-refractivity contribution in [1.82, 2.24) is 15.5 Å². The molecule has 1 fully saturated rings. The first-order chi connectivity index (χ1) is 23.5. The normalized spacial score (nSPS) is 19.7. The third-order valence-electron chi connectivity index (χ3n) is 9.05. The summed E-state index contributed by atoms with van der Waals surface area (Å²) in [6.45, 7) is 10.0. The lowest BCUT2D eigenvalue weighted by molar-refractivity contribution is -0.127. The van der Waals surface area contributed by atoms with Crippen LogP contribution in [-0.4, -0.2) is 90.4 Å². The zero-order chi connectivity index (χ0) is 34.8. The van der Waals surface area contributed by atoms with Gasteiger partial charge in [-0.05, 0) is 74.4 Å². The second-order valence-corrected chi connectivity index (χ2v) is 14.0. The summed E-state index contributed by atoms with van der Waals surface area (Å²) in [5.41, 5.74) is 3.02. The van der Waals surface area contributed by atoms with Crippen LogP contribution in [0.1, 0.15) is 55.5 Å². The minimum Gasteiger partial charge on any atom is -0.492 e. The Bertz CT molecular complexity index is 1490. The molecule has 10 nitrogen and oxygen atoms in total. The first-order valence-electron chi connectivity index (χ1n) is 17.3. The molecular weight excluding hydrogens is 622 g/mol. The van der Waals surface area contributed by atoms with Crippen LogP contribution >= 0.6 is 0 Å². The van der Waals surface area contributed by atoms with Crippen LogP contribution in [0.2, 0.25) is 0 Å². The van der Waals surface area contributed by atoms with Crippen LogP contribution in [0, 0.1) is 5.92 Å². The van der Waals surface area contributed by atoms with E-state index in [9.17, 15) is 19.8 Å². The van der Waals surface area contributed by atoms with Gasteiger partial charge in [0.1, 0.15) is 18.0 Å². The maximum Gasteiger partial charge on any atom is 0.407 e. The van der Waals surface area contributed by atoms with Gasteiger partial charge in [-0.1, -0.05) is 66.7 Å². The fourth-order valence-electron chi connectivity index (χ4n) is 6.49. The molecule has 1 aliphatic heterocycles. The Kier molecular flexibility index (Phi) is 12.7. The molecule has 2 aliphatic rings. The zero-order valence-electron chi connectivity index (χ0n) is 28.8. The number of carbonyl (C=O) groups excluding carboxylic acids is 2. The second-order valence-electron chi connectivity index (χ2n) is 14.0. The Balaban J connectivity index is 1.29. The van der Waals surface area contributed by atoms with E-state index in [-0.39, 0.29) is 12.3 Å². The molecule has 1 heterocycles. The molecule has 0 aromatic heterocycles. The van der Waals surface area contributed by atoms with Crippen LogP contribution in [0.15, 0.2) is 78.9 Å². The number of hydrogen-bond donors (Lipinski definition) is 4. The number of hydrogen-bond acceptors (Lipinski definition) is 8. The highest BCUT2D eigenvalue weighted by atomic mass is 16.6. The summed E-state index contributed by atoms with van der Waals surface area (Å²) in [5, 5.41) is 28.5. The first kappa shape index (κ1) is 36.3. The number of fused-ring (bicyclic) bond motifs is 1. The van der Waals surface area contributed by atoms with Crippen molar-refractivity contribution in [1.29, 1.82) is 0 Å². The molecule has 5 atom stereocenters. The van der Waals surface area contributed by atoms with E-state index in [0.717, 1.165) is 60.9 Å². The number of morpholine rings is 1.